The molecule has 0 bridgehead atoms. The monoisotopic (exact) mass is 246 g/mol. The zero-order chi connectivity index (χ0) is 12.8. The van der Waals surface area contributed by atoms with Crippen LogP contribution in [0.5, 0.6) is 0 Å². The standard InChI is InChI=1S/C17H26O/c1-2-3-4-8-11-17(13-16(17)14-18)12-15-9-6-5-7-10-15/h5-7,9-10,16,18H,2-4,8,11-14H2,1H3/t16-,17-/m0/s1. The van der Waals surface area contributed by atoms with E-state index >= 15 is 0 Å². The fraction of sp³-hybridized carbons (Fsp3) is 0.647. The Balaban J connectivity index is 1.88. The predicted molar refractivity (Wildman–Crippen MR) is 76.5 cm³/mol. The van der Waals surface area contributed by atoms with Gasteiger partial charge in [0.1, 0.15) is 0 Å². The third kappa shape index (κ3) is 3.35. The molecule has 2 atom stereocenters. The number of hydrogen-bond donors (Lipinski definition) is 1. The van der Waals surface area contributed by atoms with Crippen LogP contribution in [-0.2, 0) is 6.42 Å². The van der Waals surface area contributed by atoms with E-state index in [1.807, 2.05) is 0 Å². The number of benzene rings is 1. The van der Waals surface area contributed by atoms with E-state index in [-0.39, 0.29) is 0 Å². The molecule has 0 heterocycles. The lowest BCUT2D eigenvalue weighted by atomic mass is 9.88. The summed E-state index contributed by atoms with van der Waals surface area (Å²) in [7, 11) is 0. The lowest BCUT2D eigenvalue weighted by Gasteiger charge is -2.17. The van der Waals surface area contributed by atoms with Crippen LogP contribution in [0, 0.1) is 11.3 Å². The summed E-state index contributed by atoms with van der Waals surface area (Å²) in [5, 5.41) is 9.42. The van der Waals surface area contributed by atoms with Gasteiger partial charge in [0.2, 0.25) is 0 Å². The number of rotatable bonds is 8. The molecule has 18 heavy (non-hydrogen) atoms. The number of hydrogen-bond acceptors (Lipinski definition) is 1. The highest BCUT2D eigenvalue weighted by Crippen LogP contribution is 2.57. The first-order valence-electron chi connectivity index (χ1n) is 7.45. The van der Waals surface area contributed by atoms with Crippen LogP contribution in [0.25, 0.3) is 0 Å². The van der Waals surface area contributed by atoms with Crippen LogP contribution in [0.3, 0.4) is 0 Å². The van der Waals surface area contributed by atoms with Gasteiger partial charge in [-0.15, -0.1) is 0 Å². The van der Waals surface area contributed by atoms with Crippen molar-refractivity contribution in [2.45, 2.75) is 51.9 Å². The highest BCUT2D eigenvalue weighted by Gasteiger charge is 2.52. The lowest BCUT2D eigenvalue weighted by molar-refractivity contribution is 0.241. The molecular weight excluding hydrogens is 220 g/mol. The Morgan fingerprint density at radius 1 is 1.17 bits per heavy atom. The second-order valence-electron chi connectivity index (χ2n) is 5.92. The van der Waals surface area contributed by atoms with E-state index in [4.69, 9.17) is 0 Å². The van der Waals surface area contributed by atoms with Crippen LogP contribution >= 0.6 is 0 Å². The molecule has 1 aliphatic rings. The summed E-state index contributed by atoms with van der Waals surface area (Å²) in [6, 6.07) is 10.8. The van der Waals surface area contributed by atoms with E-state index in [1.54, 1.807) is 0 Å². The summed E-state index contributed by atoms with van der Waals surface area (Å²) in [4.78, 5) is 0. The maximum Gasteiger partial charge on any atom is 0.0464 e. The number of aliphatic hydroxyl groups is 1. The second kappa shape index (κ2) is 6.38. The molecule has 0 unspecified atom stereocenters. The van der Waals surface area contributed by atoms with Crippen molar-refractivity contribution in [3.63, 3.8) is 0 Å². The minimum Gasteiger partial charge on any atom is -0.396 e. The largest absolute Gasteiger partial charge is 0.396 e. The van der Waals surface area contributed by atoms with E-state index in [9.17, 15) is 5.11 Å². The Morgan fingerprint density at radius 2 is 1.94 bits per heavy atom. The summed E-state index contributed by atoms with van der Waals surface area (Å²) < 4.78 is 0. The van der Waals surface area contributed by atoms with Crippen LogP contribution in [0.2, 0.25) is 0 Å². The average Bonchev–Trinajstić information content (AvgIpc) is 3.09. The second-order valence-corrected chi connectivity index (χ2v) is 5.92. The molecule has 1 aliphatic carbocycles. The molecule has 0 saturated heterocycles. The van der Waals surface area contributed by atoms with Crippen molar-refractivity contribution in [3.8, 4) is 0 Å². The summed E-state index contributed by atoms with van der Waals surface area (Å²) in [5.74, 6) is 0.555. The quantitative estimate of drug-likeness (QED) is 0.682. The molecule has 1 aromatic rings. The van der Waals surface area contributed by atoms with Crippen molar-refractivity contribution in [2.75, 3.05) is 6.61 Å². The predicted octanol–water partition coefficient (Wildman–Crippen LogP) is 4.20. The fourth-order valence-electron chi connectivity index (χ4n) is 3.21. The third-order valence-electron chi connectivity index (χ3n) is 4.51. The topological polar surface area (TPSA) is 20.2 Å². The highest BCUT2D eigenvalue weighted by atomic mass is 16.3. The van der Waals surface area contributed by atoms with Gasteiger partial charge in [-0.2, -0.15) is 0 Å². The molecule has 1 nitrogen and oxygen atoms in total. The van der Waals surface area contributed by atoms with Crippen LogP contribution in [0.15, 0.2) is 30.3 Å². The van der Waals surface area contributed by atoms with Gasteiger partial charge in [0, 0.05) is 6.61 Å². The van der Waals surface area contributed by atoms with Crippen molar-refractivity contribution in [1.82, 2.24) is 0 Å². The van der Waals surface area contributed by atoms with Crippen molar-refractivity contribution in [3.05, 3.63) is 35.9 Å². The number of unbranched alkanes of at least 4 members (excludes halogenated alkanes) is 3. The molecule has 100 valence electrons. The van der Waals surface area contributed by atoms with Gasteiger partial charge in [-0.05, 0) is 36.2 Å². The van der Waals surface area contributed by atoms with Crippen LogP contribution in [0.1, 0.15) is 51.0 Å². The lowest BCUT2D eigenvalue weighted by Crippen LogP contribution is -2.10. The van der Waals surface area contributed by atoms with Gasteiger partial charge in [-0.1, -0.05) is 62.9 Å². The molecule has 1 aromatic carbocycles. The third-order valence-corrected chi connectivity index (χ3v) is 4.51. The Kier molecular flexibility index (Phi) is 4.82. The Morgan fingerprint density at radius 3 is 2.56 bits per heavy atom. The molecule has 0 aliphatic heterocycles. The van der Waals surface area contributed by atoms with Crippen molar-refractivity contribution in [1.29, 1.82) is 0 Å². The Hall–Kier alpha value is -0.820. The summed E-state index contributed by atoms with van der Waals surface area (Å²) in [6.45, 7) is 2.63. The van der Waals surface area contributed by atoms with Gasteiger partial charge in [0.05, 0.1) is 0 Å². The van der Waals surface area contributed by atoms with Gasteiger partial charge in [-0.25, -0.2) is 0 Å². The van der Waals surface area contributed by atoms with Crippen LogP contribution in [-0.4, -0.2) is 11.7 Å². The molecule has 0 radical (unpaired) electrons. The normalized spacial score (nSPS) is 26.2. The van der Waals surface area contributed by atoms with Gasteiger partial charge in [0.25, 0.3) is 0 Å². The maximum absolute atomic E-state index is 9.42. The van der Waals surface area contributed by atoms with E-state index in [0.29, 0.717) is 17.9 Å². The summed E-state index contributed by atoms with van der Waals surface area (Å²) >= 11 is 0. The molecular formula is C17H26O. The SMILES string of the molecule is CCCCCC[C@]1(Cc2ccccc2)C[C@H]1CO. The van der Waals surface area contributed by atoms with E-state index in [2.05, 4.69) is 37.3 Å². The number of aliphatic hydroxyl groups excluding tert-OH is 1. The molecule has 0 amide bonds. The van der Waals surface area contributed by atoms with Crippen LogP contribution < -0.4 is 0 Å². The van der Waals surface area contributed by atoms with Crippen molar-refractivity contribution in [2.24, 2.45) is 11.3 Å². The van der Waals surface area contributed by atoms with Gasteiger partial charge >= 0.3 is 0 Å². The zero-order valence-corrected chi connectivity index (χ0v) is 11.6. The molecule has 1 fully saturated rings. The first-order valence-corrected chi connectivity index (χ1v) is 7.45. The van der Waals surface area contributed by atoms with E-state index in [0.717, 1.165) is 6.42 Å². The summed E-state index contributed by atoms with van der Waals surface area (Å²) in [5.41, 5.74) is 1.85. The van der Waals surface area contributed by atoms with Crippen LogP contribution in [0.4, 0.5) is 0 Å². The molecule has 0 aromatic heterocycles. The van der Waals surface area contributed by atoms with Crippen molar-refractivity contribution >= 4 is 0 Å². The molecule has 0 spiro atoms. The Bertz CT molecular complexity index is 346. The van der Waals surface area contributed by atoms with Gasteiger partial charge < -0.3 is 5.11 Å². The van der Waals surface area contributed by atoms with E-state index < -0.39 is 0 Å². The average molecular weight is 246 g/mol. The molecule has 2 rings (SSSR count). The first-order chi connectivity index (χ1) is 8.80. The molecule has 1 saturated carbocycles. The van der Waals surface area contributed by atoms with E-state index in [1.165, 1.54) is 44.1 Å². The molecule has 1 heteroatoms. The minimum absolute atomic E-state index is 0.376. The smallest absolute Gasteiger partial charge is 0.0464 e. The Labute approximate surface area is 111 Å². The highest BCUT2D eigenvalue weighted by molar-refractivity contribution is 5.20. The fourth-order valence-corrected chi connectivity index (χ4v) is 3.21. The first kappa shape index (κ1) is 13.6. The minimum atomic E-state index is 0.376. The zero-order valence-electron chi connectivity index (χ0n) is 11.6. The molecule has 1 N–H and O–H groups in total. The van der Waals surface area contributed by atoms with Gasteiger partial charge in [0.15, 0.2) is 0 Å². The maximum atomic E-state index is 9.42. The summed E-state index contributed by atoms with van der Waals surface area (Å²) in [6.07, 6.45) is 9.02. The van der Waals surface area contributed by atoms with Crippen molar-refractivity contribution < 1.29 is 5.11 Å². The van der Waals surface area contributed by atoms with Gasteiger partial charge in [-0.3, -0.25) is 0 Å².